The fraction of sp³-hybridized carbons (Fsp3) is 0.333. The van der Waals surface area contributed by atoms with Crippen LogP contribution in [-0.2, 0) is 6.42 Å². The number of amides is 1. The topological polar surface area (TPSA) is 57.6 Å². The molecule has 0 atom stereocenters. The SMILES string of the molecule is Cc1cccc(C(=O)N2CCC(Cc3ccccc3C(=O)O)CC2)c1. The van der Waals surface area contributed by atoms with E-state index in [1.54, 1.807) is 12.1 Å². The number of benzene rings is 2. The highest BCUT2D eigenvalue weighted by molar-refractivity contribution is 5.94. The van der Waals surface area contributed by atoms with E-state index in [9.17, 15) is 14.7 Å². The molecule has 2 aromatic carbocycles. The van der Waals surface area contributed by atoms with Crippen LogP contribution in [0.15, 0.2) is 48.5 Å². The molecule has 4 nitrogen and oxygen atoms in total. The summed E-state index contributed by atoms with van der Waals surface area (Å²) in [6.07, 6.45) is 2.58. The summed E-state index contributed by atoms with van der Waals surface area (Å²) in [6.45, 7) is 3.45. The highest BCUT2D eigenvalue weighted by atomic mass is 16.4. The van der Waals surface area contributed by atoms with Gasteiger partial charge in [0.15, 0.2) is 0 Å². The normalized spacial score (nSPS) is 15.2. The van der Waals surface area contributed by atoms with Crippen molar-refractivity contribution in [2.24, 2.45) is 5.92 Å². The Balaban J connectivity index is 1.61. The van der Waals surface area contributed by atoms with Crippen LogP contribution in [0.4, 0.5) is 0 Å². The smallest absolute Gasteiger partial charge is 0.335 e. The minimum atomic E-state index is -0.873. The van der Waals surface area contributed by atoms with Crippen LogP contribution in [0.3, 0.4) is 0 Å². The van der Waals surface area contributed by atoms with E-state index in [0.717, 1.165) is 49.0 Å². The van der Waals surface area contributed by atoms with Crippen molar-refractivity contribution in [2.45, 2.75) is 26.2 Å². The highest BCUT2D eigenvalue weighted by Crippen LogP contribution is 2.24. The van der Waals surface area contributed by atoms with Crippen LogP contribution in [0.25, 0.3) is 0 Å². The predicted molar refractivity (Wildman–Crippen MR) is 96.9 cm³/mol. The number of hydrogen-bond acceptors (Lipinski definition) is 2. The predicted octanol–water partition coefficient (Wildman–Crippen LogP) is 3.79. The Kier molecular flexibility index (Phi) is 5.17. The lowest BCUT2D eigenvalue weighted by atomic mass is 9.88. The molecular formula is C21H23NO3. The van der Waals surface area contributed by atoms with Crippen molar-refractivity contribution in [3.63, 3.8) is 0 Å². The first-order valence-electron chi connectivity index (χ1n) is 8.71. The van der Waals surface area contributed by atoms with Crippen molar-refractivity contribution in [3.05, 3.63) is 70.8 Å². The van der Waals surface area contributed by atoms with Crippen LogP contribution in [0.1, 0.15) is 44.7 Å². The van der Waals surface area contributed by atoms with Crippen LogP contribution >= 0.6 is 0 Å². The molecule has 1 heterocycles. The summed E-state index contributed by atoms with van der Waals surface area (Å²) in [6, 6.07) is 14.9. The lowest BCUT2D eigenvalue weighted by molar-refractivity contribution is 0.0690. The molecule has 4 heteroatoms. The van der Waals surface area contributed by atoms with Gasteiger partial charge in [-0.2, -0.15) is 0 Å². The molecule has 1 fully saturated rings. The van der Waals surface area contributed by atoms with Crippen molar-refractivity contribution in [1.82, 2.24) is 4.90 Å². The van der Waals surface area contributed by atoms with E-state index in [1.165, 1.54) is 0 Å². The Morgan fingerprint density at radius 1 is 1.08 bits per heavy atom. The number of carboxylic acid groups (broad SMARTS) is 1. The number of aryl methyl sites for hydroxylation is 1. The van der Waals surface area contributed by atoms with Gasteiger partial charge in [0.1, 0.15) is 0 Å². The molecule has 25 heavy (non-hydrogen) atoms. The first-order chi connectivity index (χ1) is 12.0. The molecule has 0 spiro atoms. The molecule has 0 aliphatic carbocycles. The van der Waals surface area contributed by atoms with E-state index >= 15 is 0 Å². The zero-order chi connectivity index (χ0) is 17.8. The fourth-order valence-electron chi connectivity index (χ4n) is 3.52. The molecule has 130 valence electrons. The molecule has 0 radical (unpaired) electrons. The van der Waals surface area contributed by atoms with E-state index in [4.69, 9.17) is 0 Å². The number of carboxylic acids is 1. The number of carbonyl (C=O) groups is 2. The quantitative estimate of drug-likeness (QED) is 0.923. The van der Waals surface area contributed by atoms with Crippen LogP contribution in [0, 0.1) is 12.8 Å². The van der Waals surface area contributed by atoms with Crippen LogP contribution in [0.2, 0.25) is 0 Å². The summed E-state index contributed by atoms with van der Waals surface area (Å²) in [7, 11) is 0. The van der Waals surface area contributed by atoms with Gasteiger partial charge in [0.05, 0.1) is 5.56 Å². The van der Waals surface area contributed by atoms with Crippen LogP contribution < -0.4 is 0 Å². The van der Waals surface area contributed by atoms with E-state index in [0.29, 0.717) is 11.5 Å². The molecule has 2 aromatic rings. The number of rotatable bonds is 4. The zero-order valence-corrected chi connectivity index (χ0v) is 14.4. The summed E-state index contributed by atoms with van der Waals surface area (Å²) >= 11 is 0. The number of likely N-dealkylation sites (tertiary alicyclic amines) is 1. The first-order valence-corrected chi connectivity index (χ1v) is 8.71. The standard InChI is InChI=1S/C21H23NO3/c1-15-5-4-7-18(13-15)20(23)22-11-9-16(10-12-22)14-17-6-2-3-8-19(17)21(24)25/h2-8,13,16H,9-12,14H2,1H3,(H,24,25). The third-order valence-electron chi connectivity index (χ3n) is 4.92. The first kappa shape index (κ1) is 17.2. The van der Waals surface area contributed by atoms with Crippen molar-refractivity contribution >= 4 is 11.9 Å². The third kappa shape index (κ3) is 4.08. The lowest BCUT2D eigenvalue weighted by Crippen LogP contribution is -2.39. The molecule has 0 bridgehead atoms. The number of piperidine rings is 1. The number of hydrogen-bond donors (Lipinski definition) is 1. The Hall–Kier alpha value is -2.62. The van der Waals surface area contributed by atoms with Gasteiger partial charge < -0.3 is 10.0 Å². The number of nitrogens with zero attached hydrogens (tertiary/aromatic N) is 1. The zero-order valence-electron chi connectivity index (χ0n) is 14.4. The largest absolute Gasteiger partial charge is 0.478 e. The van der Waals surface area contributed by atoms with Gasteiger partial charge in [0.25, 0.3) is 5.91 Å². The van der Waals surface area contributed by atoms with Gasteiger partial charge in [0, 0.05) is 18.7 Å². The highest BCUT2D eigenvalue weighted by Gasteiger charge is 2.24. The Morgan fingerprint density at radius 2 is 1.80 bits per heavy atom. The molecule has 1 N–H and O–H groups in total. The second-order valence-electron chi connectivity index (χ2n) is 6.77. The molecule has 0 saturated carbocycles. The fourth-order valence-corrected chi connectivity index (χ4v) is 3.52. The van der Waals surface area contributed by atoms with Crippen molar-refractivity contribution in [1.29, 1.82) is 0 Å². The van der Waals surface area contributed by atoms with Crippen molar-refractivity contribution in [2.75, 3.05) is 13.1 Å². The molecule has 1 aliphatic rings. The van der Waals surface area contributed by atoms with Crippen molar-refractivity contribution < 1.29 is 14.7 Å². The third-order valence-corrected chi connectivity index (χ3v) is 4.92. The maximum Gasteiger partial charge on any atom is 0.335 e. The monoisotopic (exact) mass is 337 g/mol. The van der Waals surface area contributed by atoms with Gasteiger partial charge in [-0.3, -0.25) is 4.79 Å². The summed E-state index contributed by atoms with van der Waals surface area (Å²) in [5, 5.41) is 9.31. The van der Waals surface area contributed by atoms with Crippen LogP contribution in [0.5, 0.6) is 0 Å². The van der Waals surface area contributed by atoms with E-state index in [-0.39, 0.29) is 5.91 Å². The van der Waals surface area contributed by atoms with E-state index < -0.39 is 5.97 Å². The molecule has 1 saturated heterocycles. The molecule has 1 amide bonds. The maximum absolute atomic E-state index is 12.6. The summed E-state index contributed by atoms with van der Waals surface area (Å²) in [4.78, 5) is 25.9. The maximum atomic E-state index is 12.6. The van der Waals surface area contributed by atoms with E-state index in [1.807, 2.05) is 48.2 Å². The Bertz CT molecular complexity index is 776. The second kappa shape index (κ2) is 7.51. The summed E-state index contributed by atoms with van der Waals surface area (Å²) < 4.78 is 0. The Morgan fingerprint density at radius 3 is 2.48 bits per heavy atom. The number of carbonyl (C=O) groups excluding carboxylic acids is 1. The minimum absolute atomic E-state index is 0.0908. The molecule has 0 unspecified atom stereocenters. The van der Waals surface area contributed by atoms with Gasteiger partial charge in [0.2, 0.25) is 0 Å². The second-order valence-corrected chi connectivity index (χ2v) is 6.77. The molecule has 1 aliphatic heterocycles. The van der Waals surface area contributed by atoms with Gasteiger partial charge in [-0.25, -0.2) is 4.79 Å². The average Bonchev–Trinajstić information content (AvgIpc) is 2.62. The molecule has 3 rings (SSSR count). The van der Waals surface area contributed by atoms with Gasteiger partial charge in [-0.15, -0.1) is 0 Å². The molecular weight excluding hydrogens is 314 g/mol. The minimum Gasteiger partial charge on any atom is -0.478 e. The van der Waals surface area contributed by atoms with E-state index in [2.05, 4.69) is 0 Å². The number of aromatic carboxylic acids is 1. The summed E-state index contributed by atoms with van der Waals surface area (Å²) in [5.74, 6) is -0.363. The van der Waals surface area contributed by atoms with Gasteiger partial charge >= 0.3 is 5.97 Å². The molecule has 0 aromatic heterocycles. The lowest BCUT2D eigenvalue weighted by Gasteiger charge is -2.32. The van der Waals surface area contributed by atoms with Gasteiger partial charge in [-0.05, 0) is 55.9 Å². The van der Waals surface area contributed by atoms with Gasteiger partial charge in [-0.1, -0.05) is 35.9 Å². The average molecular weight is 337 g/mol. The van der Waals surface area contributed by atoms with Crippen LogP contribution in [-0.4, -0.2) is 35.0 Å². The summed E-state index contributed by atoms with van der Waals surface area (Å²) in [5.41, 5.74) is 3.11. The van der Waals surface area contributed by atoms with Crippen molar-refractivity contribution in [3.8, 4) is 0 Å². The Labute approximate surface area is 148 Å².